The number of hydrogen-bond donors (Lipinski definition) is 1. The third kappa shape index (κ3) is 3.36. The lowest BCUT2D eigenvalue weighted by molar-refractivity contribution is 0.266. The summed E-state index contributed by atoms with van der Waals surface area (Å²) in [6.45, 7) is 5.04. The van der Waals surface area contributed by atoms with E-state index in [1.165, 1.54) is 0 Å². The second-order valence-corrected chi connectivity index (χ2v) is 5.83. The Morgan fingerprint density at radius 3 is 2.82 bits per heavy atom. The van der Waals surface area contributed by atoms with Crippen LogP contribution in [-0.4, -0.2) is 34.3 Å². The largest absolute Gasteiger partial charge is 0.394 e. The molecule has 6 heteroatoms. The molecule has 1 atom stereocenters. The second kappa shape index (κ2) is 8.09. The lowest BCUT2D eigenvalue weighted by Crippen LogP contribution is -2.33. The zero-order chi connectivity index (χ0) is 16.1. The molecule has 0 aliphatic carbocycles. The Morgan fingerprint density at radius 1 is 1.36 bits per heavy atom. The van der Waals surface area contributed by atoms with Gasteiger partial charge in [-0.25, -0.2) is 4.98 Å². The summed E-state index contributed by atoms with van der Waals surface area (Å²) in [5.74, 6) is 0.833. The van der Waals surface area contributed by atoms with E-state index in [0.29, 0.717) is 0 Å². The topological polar surface area (TPSA) is 49.2 Å². The normalized spacial score (nSPS) is 17.5. The quantitative estimate of drug-likeness (QED) is 0.635. The molecule has 0 amide bonds. The van der Waals surface area contributed by atoms with Gasteiger partial charge in [-0.15, -0.1) is 0 Å². The Kier molecular flexibility index (Phi) is 6.41. The summed E-state index contributed by atoms with van der Waals surface area (Å²) in [5, 5.41) is 11.5. The fourth-order valence-corrected chi connectivity index (χ4v) is 3.42. The maximum Gasteiger partial charge on any atom is 0.224 e. The molecule has 1 aliphatic rings. The van der Waals surface area contributed by atoms with Gasteiger partial charge in [0, 0.05) is 17.3 Å². The molecular formula is C16H21BrClN3O. The highest BCUT2D eigenvalue weighted by atomic mass is 79.9. The molecule has 2 aromatic rings. The van der Waals surface area contributed by atoms with Crippen molar-refractivity contribution in [3.63, 3.8) is 0 Å². The van der Waals surface area contributed by atoms with Crippen molar-refractivity contribution in [3.05, 3.63) is 29.0 Å². The number of para-hydroxylation sites is 1. The molecular weight excluding hydrogens is 366 g/mol. The lowest BCUT2D eigenvalue weighted by atomic mass is 10.1. The third-order valence-corrected chi connectivity index (χ3v) is 4.54. The highest BCUT2D eigenvalue weighted by molar-refractivity contribution is 9.08. The van der Waals surface area contributed by atoms with Gasteiger partial charge >= 0.3 is 0 Å². The van der Waals surface area contributed by atoms with Crippen molar-refractivity contribution in [2.75, 3.05) is 18.1 Å². The van der Waals surface area contributed by atoms with Crippen molar-refractivity contribution >= 4 is 44.3 Å². The minimum Gasteiger partial charge on any atom is -0.394 e. The molecule has 0 bridgehead atoms. The smallest absolute Gasteiger partial charge is 0.224 e. The molecule has 0 spiro atoms. The number of alkyl halides is 1. The number of aliphatic hydroxyl groups is 1. The second-order valence-electron chi connectivity index (χ2n) is 4.94. The minimum absolute atomic E-state index is 0.122. The van der Waals surface area contributed by atoms with Gasteiger partial charge < -0.3 is 10.0 Å². The number of aromatic nitrogens is 2. The van der Waals surface area contributed by atoms with Crippen LogP contribution in [0.2, 0.25) is 5.28 Å². The maximum absolute atomic E-state index is 9.51. The maximum atomic E-state index is 9.51. The number of benzene rings is 1. The summed E-state index contributed by atoms with van der Waals surface area (Å²) in [6, 6.07) is 6.17. The van der Waals surface area contributed by atoms with Crippen molar-refractivity contribution in [1.29, 1.82) is 0 Å². The summed E-state index contributed by atoms with van der Waals surface area (Å²) in [7, 11) is 0. The highest BCUT2D eigenvalue weighted by Crippen LogP contribution is 2.32. The molecule has 1 saturated heterocycles. The molecule has 4 nitrogen and oxygen atoms in total. The average Bonchev–Trinajstić information content (AvgIpc) is 3.03. The minimum atomic E-state index is 0.122. The van der Waals surface area contributed by atoms with Crippen LogP contribution in [0.1, 0.15) is 32.3 Å². The van der Waals surface area contributed by atoms with Crippen LogP contribution < -0.4 is 4.90 Å². The van der Waals surface area contributed by atoms with Crippen LogP contribution in [0.25, 0.3) is 10.9 Å². The molecule has 0 radical (unpaired) electrons. The van der Waals surface area contributed by atoms with Crippen molar-refractivity contribution in [2.24, 2.45) is 0 Å². The van der Waals surface area contributed by atoms with Gasteiger partial charge in [-0.05, 0) is 36.1 Å². The average molecular weight is 387 g/mol. The van der Waals surface area contributed by atoms with E-state index < -0.39 is 0 Å². The van der Waals surface area contributed by atoms with Crippen LogP contribution in [0.4, 0.5) is 5.82 Å². The third-order valence-electron chi connectivity index (χ3n) is 3.77. The van der Waals surface area contributed by atoms with E-state index in [4.69, 9.17) is 11.6 Å². The molecule has 1 unspecified atom stereocenters. The highest BCUT2D eigenvalue weighted by Gasteiger charge is 2.27. The number of rotatable bonds is 3. The van der Waals surface area contributed by atoms with Crippen LogP contribution in [0.3, 0.4) is 0 Å². The van der Waals surface area contributed by atoms with Gasteiger partial charge in [0.2, 0.25) is 5.28 Å². The van der Waals surface area contributed by atoms with Crippen molar-refractivity contribution < 1.29 is 5.11 Å². The van der Waals surface area contributed by atoms with E-state index in [0.717, 1.165) is 47.0 Å². The fraction of sp³-hybridized carbons (Fsp3) is 0.500. The molecule has 1 aromatic heterocycles. The summed E-state index contributed by atoms with van der Waals surface area (Å²) in [6.07, 6.45) is 2.05. The van der Waals surface area contributed by atoms with Gasteiger partial charge in [-0.1, -0.05) is 41.9 Å². The van der Waals surface area contributed by atoms with E-state index in [1.54, 1.807) is 0 Å². The fourth-order valence-electron chi connectivity index (χ4n) is 2.80. The predicted octanol–water partition coefficient (Wildman–Crippen LogP) is 4.17. The van der Waals surface area contributed by atoms with Crippen molar-refractivity contribution in [1.82, 2.24) is 9.97 Å². The summed E-state index contributed by atoms with van der Waals surface area (Å²) >= 11 is 9.58. The van der Waals surface area contributed by atoms with Crippen LogP contribution >= 0.6 is 27.5 Å². The molecule has 1 aliphatic heterocycles. The number of fused-ring (bicyclic) bond motifs is 1. The monoisotopic (exact) mass is 385 g/mol. The van der Waals surface area contributed by atoms with Gasteiger partial charge in [-0.3, -0.25) is 0 Å². The number of nitrogens with zero attached hydrogens (tertiary/aromatic N) is 3. The Balaban J connectivity index is 0.000000847. The first kappa shape index (κ1) is 17.4. The zero-order valence-corrected chi connectivity index (χ0v) is 15.2. The molecule has 22 heavy (non-hydrogen) atoms. The summed E-state index contributed by atoms with van der Waals surface area (Å²) in [5.41, 5.74) is 1.97. The molecule has 3 rings (SSSR count). The SMILES string of the molecule is CC.OCC1CCCN1c1nc(Cl)nc2c(CBr)cccc12. The van der Waals surface area contributed by atoms with Crippen molar-refractivity contribution in [2.45, 2.75) is 38.1 Å². The van der Waals surface area contributed by atoms with E-state index in [9.17, 15) is 5.11 Å². The first-order valence-electron chi connectivity index (χ1n) is 7.63. The number of hydrogen-bond acceptors (Lipinski definition) is 4. The summed E-state index contributed by atoms with van der Waals surface area (Å²) in [4.78, 5) is 10.9. The first-order valence-corrected chi connectivity index (χ1v) is 9.13. The number of anilines is 1. The van der Waals surface area contributed by atoms with E-state index in [1.807, 2.05) is 32.0 Å². The molecule has 1 N–H and O–H groups in total. The number of aliphatic hydroxyl groups excluding tert-OH is 1. The van der Waals surface area contributed by atoms with Gasteiger partial charge in [0.15, 0.2) is 0 Å². The van der Waals surface area contributed by atoms with Gasteiger partial charge in [-0.2, -0.15) is 4.98 Å². The van der Waals surface area contributed by atoms with Crippen LogP contribution in [0.15, 0.2) is 18.2 Å². The standard InChI is InChI=1S/C14H15BrClN3O.C2H6/c15-7-9-3-1-5-11-12(9)17-14(16)18-13(11)19-6-2-4-10(19)8-20;1-2/h1,3,5,10,20H,2,4,6-8H2;1-2H3. The van der Waals surface area contributed by atoms with Crippen molar-refractivity contribution in [3.8, 4) is 0 Å². The van der Waals surface area contributed by atoms with Gasteiger partial charge in [0.1, 0.15) is 5.82 Å². The van der Waals surface area contributed by atoms with Crippen LogP contribution in [-0.2, 0) is 5.33 Å². The predicted molar refractivity (Wildman–Crippen MR) is 96.0 cm³/mol. The zero-order valence-electron chi connectivity index (χ0n) is 12.9. The van der Waals surface area contributed by atoms with Crippen LogP contribution in [0.5, 0.6) is 0 Å². The first-order chi connectivity index (χ1) is 10.7. The van der Waals surface area contributed by atoms with Gasteiger partial charge in [0.05, 0.1) is 18.2 Å². The Morgan fingerprint density at radius 2 is 2.14 bits per heavy atom. The Hall–Kier alpha value is -0.910. The molecule has 1 fully saturated rings. The molecule has 1 aromatic carbocycles. The van der Waals surface area contributed by atoms with Crippen LogP contribution in [0, 0.1) is 0 Å². The Labute approximate surface area is 144 Å². The van der Waals surface area contributed by atoms with E-state index >= 15 is 0 Å². The molecule has 0 saturated carbocycles. The molecule has 120 valence electrons. The number of halogens is 2. The van der Waals surface area contributed by atoms with Gasteiger partial charge in [0.25, 0.3) is 0 Å². The molecule has 2 heterocycles. The Bertz CT molecular complexity index is 638. The summed E-state index contributed by atoms with van der Waals surface area (Å²) < 4.78 is 0. The van der Waals surface area contributed by atoms with E-state index in [-0.39, 0.29) is 17.9 Å². The van der Waals surface area contributed by atoms with E-state index in [2.05, 4.69) is 30.8 Å². The lowest BCUT2D eigenvalue weighted by Gasteiger charge is -2.25.